The number of benzene rings is 1. The Morgan fingerprint density at radius 2 is 1.60 bits per heavy atom. The molecule has 3 atom stereocenters. The van der Waals surface area contributed by atoms with Gasteiger partial charge in [0.1, 0.15) is 6.33 Å². The number of fused-ring (bicyclic) bond motifs is 1. The van der Waals surface area contributed by atoms with Crippen molar-refractivity contribution in [3.63, 3.8) is 0 Å². The third-order valence-electron chi connectivity index (χ3n) is 7.22. The maximum Gasteiger partial charge on any atom is 0.115 e. The molecule has 0 bridgehead atoms. The molecule has 1 saturated carbocycles. The van der Waals surface area contributed by atoms with Gasteiger partial charge in [-0.3, -0.25) is 4.90 Å². The summed E-state index contributed by atoms with van der Waals surface area (Å²) in [5, 5.41) is 0. The lowest BCUT2D eigenvalue weighted by Crippen LogP contribution is -2.31. The summed E-state index contributed by atoms with van der Waals surface area (Å²) in [6.07, 6.45) is 10.7. The largest absolute Gasteiger partial charge is 0.381 e. The fraction of sp³-hybridized carbons (Fsp3) is 0.600. The Balaban J connectivity index is 0.984. The maximum atomic E-state index is 6.04. The lowest BCUT2D eigenvalue weighted by molar-refractivity contribution is 0.0967. The number of ether oxygens (including phenoxy) is 1. The molecule has 3 aliphatic rings. The average molecular weight is 407 g/mol. The minimum atomic E-state index is 0.816. The molecule has 5 heteroatoms. The van der Waals surface area contributed by atoms with Gasteiger partial charge in [-0.1, -0.05) is 30.7 Å². The lowest BCUT2D eigenvalue weighted by Gasteiger charge is -2.26. The molecule has 3 fully saturated rings. The summed E-state index contributed by atoms with van der Waals surface area (Å²) in [5.74, 6) is 2.55. The van der Waals surface area contributed by atoms with Crippen LogP contribution in [0, 0.1) is 17.8 Å². The highest BCUT2D eigenvalue weighted by atomic mass is 16.5. The Bertz CT molecular complexity index is 779. The smallest absolute Gasteiger partial charge is 0.115 e. The van der Waals surface area contributed by atoms with Crippen LogP contribution >= 0.6 is 0 Å². The van der Waals surface area contributed by atoms with Crippen molar-refractivity contribution in [2.75, 3.05) is 45.9 Å². The first kappa shape index (κ1) is 20.1. The first-order chi connectivity index (χ1) is 14.9. The van der Waals surface area contributed by atoms with E-state index in [1.807, 2.05) is 12.4 Å². The van der Waals surface area contributed by atoms with E-state index < -0.39 is 0 Å². The van der Waals surface area contributed by atoms with Gasteiger partial charge in [-0.05, 0) is 61.2 Å². The molecule has 1 aromatic carbocycles. The molecular formula is C25H34N4O. The Morgan fingerprint density at radius 1 is 0.867 bits per heavy atom. The number of nitrogens with zero attached hydrogens (tertiary/aromatic N) is 4. The zero-order valence-corrected chi connectivity index (χ0v) is 18.0. The molecule has 0 unspecified atom stereocenters. The zero-order chi connectivity index (χ0) is 20.2. The van der Waals surface area contributed by atoms with Crippen molar-refractivity contribution in [3.05, 3.63) is 48.5 Å². The maximum absolute atomic E-state index is 6.04. The van der Waals surface area contributed by atoms with Crippen molar-refractivity contribution in [2.24, 2.45) is 17.8 Å². The van der Waals surface area contributed by atoms with Crippen LogP contribution in [0.4, 0.5) is 0 Å². The molecule has 1 aliphatic carbocycles. The summed E-state index contributed by atoms with van der Waals surface area (Å²) in [4.78, 5) is 13.4. The van der Waals surface area contributed by atoms with Gasteiger partial charge >= 0.3 is 0 Å². The van der Waals surface area contributed by atoms with Gasteiger partial charge < -0.3 is 9.64 Å². The Kier molecular flexibility index (Phi) is 6.40. The van der Waals surface area contributed by atoms with Crippen molar-refractivity contribution < 1.29 is 4.74 Å². The summed E-state index contributed by atoms with van der Waals surface area (Å²) in [6, 6.07) is 8.86. The topological polar surface area (TPSA) is 41.5 Å². The summed E-state index contributed by atoms with van der Waals surface area (Å²) in [6.45, 7) is 9.27. The van der Waals surface area contributed by atoms with E-state index in [2.05, 4.69) is 44.0 Å². The minimum Gasteiger partial charge on any atom is -0.381 e. The molecule has 160 valence electrons. The fourth-order valence-electron chi connectivity index (χ4n) is 5.41. The van der Waals surface area contributed by atoms with Crippen LogP contribution in [0.15, 0.2) is 43.0 Å². The second kappa shape index (κ2) is 9.54. The molecule has 30 heavy (non-hydrogen) atoms. The standard InChI is InChI=1S/C25H34N4O/c1-2-9-28(10-3-1)11-4-12-30-18-25-23-16-29(17-24(23)25)15-20-5-7-21(8-6-20)22-13-26-19-27-14-22/h5-8,13-14,19,23-25H,1-4,9-12,15-18H2/t23-,24+,25-. The molecule has 2 saturated heterocycles. The SMILES string of the molecule is c1ncc(-c2ccc(CN3C[C@@H]4[C@H](COCCCN5CCCCC5)[C@@H]4C3)cc2)cn1. The van der Waals surface area contributed by atoms with Crippen LogP contribution < -0.4 is 0 Å². The van der Waals surface area contributed by atoms with E-state index in [0.717, 1.165) is 43.1 Å². The van der Waals surface area contributed by atoms with Crippen molar-refractivity contribution in [1.82, 2.24) is 19.8 Å². The number of hydrogen-bond acceptors (Lipinski definition) is 5. The second-order valence-electron chi connectivity index (χ2n) is 9.34. The molecule has 0 radical (unpaired) electrons. The summed E-state index contributed by atoms with van der Waals surface area (Å²) < 4.78 is 6.04. The molecule has 5 rings (SSSR count). The molecule has 1 aromatic heterocycles. The van der Waals surface area contributed by atoms with Gasteiger partial charge in [-0.2, -0.15) is 0 Å². The first-order valence-electron chi connectivity index (χ1n) is 11.7. The van der Waals surface area contributed by atoms with Crippen LogP contribution in [0.2, 0.25) is 0 Å². The lowest BCUT2D eigenvalue weighted by atomic mass is 10.1. The van der Waals surface area contributed by atoms with Crippen LogP contribution in [0.25, 0.3) is 11.1 Å². The number of aromatic nitrogens is 2. The van der Waals surface area contributed by atoms with Crippen molar-refractivity contribution in [2.45, 2.75) is 32.2 Å². The third kappa shape index (κ3) is 4.90. The van der Waals surface area contributed by atoms with E-state index in [1.165, 1.54) is 69.5 Å². The zero-order valence-electron chi connectivity index (χ0n) is 18.0. The number of likely N-dealkylation sites (tertiary alicyclic amines) is 2. The minimum absolute atomic E-state index is 0.816. The van der Waals surface area contributed by atoms with Crippen LogP contribution in [0.1, 0.15) is 31.2 Å². The molecular weight excluding hydrogens is 372 g/mol. The van der Waals surface area contributed by atoms with Crippen LogP contribution in [0.5, 0.6) is 0 Å². The van der Waals surface area contributed by atoms with E-state index >= 15 is 0 Å². The predicted octanol–water partition coefficient (Wildman–Crippen LogP) is 3.71. The van der Waals surface area contributed by atoms with E-state index in [0.29, 0.717) is 0 Å². The van der Waals surface area contributed by atoms with Gasteiger partial charge in [0.15, 0.2) is 0 Å². The summed E-state index contributed by atoms with van der Waals surface area (Å²) >= 11 is 0. The molecule has 0 spiro atoms. The first-order valence-corrected chi connectivity index (χ1v) is 11.7. The number of rotatable bonds is 9. The van der Waals surface area contributed by atoms with Crippen LogP contribution in [-0.2, 0) is 11.3 Å². The van der Waals surface area contributed by atoms with Gasteiger partial charge in [0.05, 0.1) is 6.61 Å². The molecule has 0 N–H and O–H groups in total. The summed E-state index contributed by atoms with van der Waals surface area (Å²) in [7, 11) is 0. The predicted molar refractivity (Wildman–Crippen MR) is 119 cm³/mol. The molecule has 2 aromatic rings. The molecule has 3 heterocycles. The van der Waals surface area contributed by atoms with E-state index in [1.54, 1.807) is 6.33 Å². The van der Waals surface area contributed by atoms with Gasteiger partial charge in [-0.15, -0.1) is 0 Å². The highest BCUT2D eigenvalue weighted by Gasteiger charge is 2.55. The molecule has 5 nitrogen and oxygen atoms in total. The van der Waals surface area contributed by atoms with Crippen molar-refractivity contribution >= 4 is 0 Å². The van der Waals surface area contributed by atoms with E-state index in [4.69, 9.17) is 4.74 Å². The van der Waals surface area contributed by atoms with Gasteiger partial charge in [-0.25, -0.2) is 9.97 Å². The Hall–Kier alpha value is -1.82. The normalized spacial score (nSPS) is 26.6. The fourth-order valence-corrected chi connectivity index (χ4v) is 5.41. The van der Waals surface area contributed by atoms with Gasteiger partial charge in [0.25, 0.3) is 0 Å². The highest BCUT2D eigenvalue weighted by molar-refractivity contribution is 5.61. The van der Waals surface area contributed by atoms with Crippen molar-refractivity contribution in [3.8, 4) is 11.1 Å². The summed E-state index contributed by atoms with van der Waals surface area (Å²) in [5.41, 5.74) is 3.65. The monoisotopic (exact) mass is 406 g/mol. The number of hydrogen-bond donors (Lipinski definition) is 0. The average Bonchev–Trinajstić information content (AvgIpc) is 3.25. The Labute approximate surface area is 180 Å². The van der Waals surface area contributed by atoms with Gasteiger partial charge in [0.2, 0.25) is 0 Å². The quantitative estimate of drug-likeness (QED) is 0.594. The van der Waals surface area contributed by atoms with E-state index in [-0.39, 0.29) is 0 Å². The van der Waals surface area contributed by atoms with Crippen LogP contribution in [-0.4, -0.2) is 65.7 Å². The van der Waals surface area contributed by atoms with Crippen LogP contribution in [0.3, 0.4) is 0 Å². The Morgan fingerprint density at radius 3 is 2.33 bits per heavy atom. The molecule has 2 aliphatic heterocycles. The van der Waals surface area contributed by atoms with Crippen molar-refractivity contribution in [1.29, 1.82) is 0 Å². The third-order valence-corrected chi connectivity index (χ3v) is 7.22. The number of piperidine rings is 2. The highest BCUT2D eigenvalue weighted by Crippen LogP contribution is 2.52. The van der Waals surface area contributed by atoms with Gasteiger partial charge in [0, 0.05) is 50.7 Å². The van der Waals surface area contributed by atoms with E-state index in [9.17, 15) is 0 Å². The molecule has 0 amide bonds. The second-order valence-corrected chi connectivity index (χ2v) is 9.34.